The van der Waals surface area contributed by atoms with Crippen LogP contribution < -0.4 is 0 Å². The summed E-state index contributed by atoms with van der Waals surface area (Å²) in [6, 6.07) is 5.19. The number of hydrogen-bond acceptors (Lipinski definition) is 3. The second kappa shape index (κ2) is 7.68. The third-order valence-electron chi connectivity index (χ3n) is 4.47. The van der Waals surface area contributed by atoms with E-state index in [4.69, 9.17) is 4.74 Å². The highest BCUT2D eigenvalue weighted by Gasteiger charge is 2.38. The second-order valence-electron chi connectivity index (χ2n) is 7.55. The average Bonchev–Trinajstić information content (AvgIpc) is 2.54. The minimum absolute atomic E-state index is 0.00529. The molecule has 0 aromatic heterocycles. The quantitative estimate of drug-likeness (QED) is 0.728. The Morgan fingerprint density at radius 2 is 1.77 bits per heavy atom. The van der Waals surface area contributed by atoms with Crippen molar-refractivity contribution in [1.29, 1.82) is 0 Å². The summed E-state index contributed by atoms with van der Waals surface area (Å²) in [5, 5.41) is 0. The summed E-state index contributed by atoms with van der Waals surface area (Å²) in [7, 11) is 0. The first kappa shape index (κ1) is 20.3. The standard InChI is InChI=1S/C19H24F3NO3/c1-18(2,3)26-17(25)23-10-8-13(9-11-23)15(12-24)14-6-4-5-7-16(14)19(20,21)22/h4-7,12-13,15H,8-11H2,1-3H3. The van der Waals surface area contributed by atoms with Gasteiger partial charge in [0.1, 0.15) is 11.9 Å². The molecular formula is C19H24F3NO3. The fraction of sp³-hybridized carbons (Fsp3) is 0.579. The fourth-order valence-electron chi connectivity index (χ4n) is 3.25. The number of carbonyl (C=O) groups excluding carboxylic acids is 2. The normalized spacial score (nSPS) is 17.7. The van der Waals surface area contributed by atoms with Crippen molar-refractivity contribution in [1.82, 2.24) is 4.90 Å². The molecule has 2 rings (SSSR count). The fourth-order valence-corrected chi connectivity index (χ4v) is 3.25. The first-order valence-corrected chi connectivity index (χ1v) is 8.62. The SMILES string of the molecule is CC(C)(C)OC(=O)N1CCC(C(C=O)c2ccccc2C(F)(F)F)CC1. The Hall–Kier alpha value is -2.05. The molecular weight excluding hydrogens is 347 g/mol. The van der Waals surface area contributed by atoms with Crippen molar-refractivity contribution in [3.8, 4) is 0 Å². The van der Waals surface area contributed by atoms with Crippen LogP contribution in [0.4, 0.5) is 18.0 Å². The first-order valence-electron chi connectivity index (χ1n) is 8.62. The van der Waals surface area contributed by atoms with Crippen LogP contribution in [0.25, 0.3) is 0 Å². The van der Waals surface area contributed by atoms with Gasteiger partial charge in [0.2, 0.25) is 0 Å². The summed E-state index contributed by atoms with van der Waals surface area (Å²) in [6.45, 7) is 6.03. The number of ether oxygens (including phenoxy) is 1. The summed E-state index contributed by atoms with van der Waals surface area (Å²) in [6.07, 6.45) is -3.44. The molecule has 1 atom stereocenters. The molecule has 1 heterocycles. The Bertz CT molecular complexity index is 644. The van der Waals surface area contributed by atoms with Gasteiger partial charge in [0.15, 0.2) is 0 Å². The molecule has 4 nitrogen and oxygen atoms in total. The minimum Gasteiger partial charge on any atom is -0.444 e. The molecule has 1 aromatic rings. The third kappa shape index (κ3) is 4.99. The van der Waals surface area contributed by atoms with Gasteiger partial charge in [-0.3, -0.25) is 0 Å². The van der Waals surface area contributed by atoms with E-state index in [9.17, 15) is 22.8 Å². The van der Waals surface area contributed by atoms with Crippen molar-refractivity contribution in [3.63, 3.8) is 0 Å². The molecule has 1 aliphatic rings. The summed E-state index contributed by atoms with van der Waals surface area (Å²) < 4.78 is 45.1. The van der Waals surface area contributed by atoms with Crippen molar-refractivity contribution in [2.24, 2.45) is 5.92 Å². The van der Waals surface area contributed by atoms with Crippen molar-refractivity contribution < 1.29 is 27.5 Å². The summed E-state index contributed by atoms with van der Waals surface area (Å²) in [4.78, 5) is 25.3. The van der Waals surface area contributed by atoms with E-state index >= 15 is 0 Å². The number of amides is 1. The Kier molecular flexibility index (Phi) is 5.98. The first-order chi connectivity index (χ1) is 12.0. The summed E-state index contributed by atoms with van der Waals surface area (Å²) in [5.74, 6) is -1.08. The van der Waals surface area contributed by atoms with Crippen LogP contribution in [0.15, 0.2) is 24.3 Å². The van der Waals surface area contributed by atoms with Gasteiger partial charge in [0, 0.05) is 19.0 Å². The van der Waals surface area contributed by atoms with E-state index in [2.05, 4.69) is 0 Å². The molecule has 0 spiro atoms. The number of halogens is 3. The van der Waals surface area contributed by atoms with Gasteiger partial charge in [0.25, 0.3) is 0 Å². The van der Waals surface area contributed by atoms with E-state index in [0.717, 1.165) is 6.07 Å². The zero-order valence-corrected chi connectivity index (χ0v) is 15.2. The van der Waals surface area contributed by atoms with Crippen LogP contribution in [0.1, 0.15) is 50.7 Å². The summed E-state index contributed by atoms with van der Waals surface area (Å²) in [5.41, 5.74) is -1.37. The largest absolute Gasteiger partial charge is 0.444 e. The smallest absolute Gasteiger partial charge is 0.416 e. The number of carbonyl (C=O) groups is 2. The number of hydrogen-bond donors (Lipinski definition) is 0. The molecule has 1 fully saturated rings. The molecule has 26 heavy (non-hydrogen) atoms. The molecule has 0 N–H and O–H groups in total. The Morgan fingerprint density at radius 1 is 1.19 bits per heavy atom. The van der Waals surface area contributed by atoms with Gasteiger partial charge < -0.3 is 14.4 Å². The van der Waals surface area contributed by atoms with Gasteiger partial charge in [-0.2, -0.15) is 13.2 Å². The maximum atomic E-state index is 13.3. The molecule has 7 heteroatoms. The van der Waals surface area contributed by atoms with Gasteiger partial charge in [-0.25, -0.2) is 4.79 Å². The average molecular weight is 371 g/mol. The lowest BCUT2D eigenvalue weighted by Gasteiger charge is -2.35. The highest BCUT2D eigenvalue weighted by molar-refractivity contribution is 5.68. The second-order valence-corrected chi connectivity index (χ2v) is 7.55. The Morgan fingerprint density at radius 3 is 2.27 bits per heavy atom. The highest BCUT2D eigenvalue weighted by atomic mass is 19.4. The van der Waals surface area contributed by atoms with Gasteiger partial charge in [-0.1, -0.05) is 18.2 Å². The molecule has 0 aliphatic carbocycles. The lowest BCUT2D eigenvalue weighted by atomic mass is 9.79. The van der Waals surface area contributed by atoms with Crippen LogP contribution in [0.5, 0.6) is 0 Å². The minimum atomic E-state index is -4.50. The molecule has 1 unspecified atom stereocenters. The molecule has 0 radical (unpaired) electrons. The van der Waals surface area contributed by atoms with Crippen molar-refractivity contribution in [3.05, 3.63) is 35.4 Å². The van der Waals surface area contributed by atoms with Crippen LogP contribution >= 0.6 is 0 Å². The van der Waals surface area contributed by atoms with E-state index < -0.39 is 29.4 Å². The predicted molar refractivity (Wildman–Crippen MR) is 90.8 cm³/mol. The van der Waals surface area contributed by atoms with E-state index in [1.165, 1.54) is 18.2 Å². The van der Waals surface area contributed by atoms with Crippen molar-refractivity contribution in [2.75, 3.05) is 13.1 Å². The molecule has 1 aromatic carbocycles. The molecule has 1 amide bonds. The number of alkyl halides is 3. The topological polar surface area (TPSA) is 46.6 Å². The molecule has 144 valence electrons. The van der Waals surface area contributed by atoms with Crippen molar-refractivity contribution in [2.45, 2.75) is 51.3 Å². The van der Waals surface area contributed by atoms with E-state index in [0.29, 0.717) is 32.2 Å². The molecule has 1 aliphatic heterocycles. The molecule has 1 saturated heterocycles. The van der Waals surface area contributed by atoms with Crippen LogP contribution in [0.2, 0.25) is 0 Å². The number of nitrogens with zero attached hydrogens (tertiary/aromatic N) is 1. The molecule has 0 saturated carbocycles. The number of aldehydes is 1. The highest BCUT2D eigenvalue weighted by Crippen LogP contribution is 2.39. The van der Waals surface area contributed by atoms with Crippen LogP contribution in [-0.2, 0) is 15.7 Å². The third-order valence-corrected chi connectivity index (χ3v) is 4.47. The number of likely N-dealkylation sites (tertiary alicyclic amines) is 1. The Balaban J connectivity index is 2.11. The van der Waals surface area contributed by atoms with E-state index in [1.54, 1.807) is 25.7 Å². The number of benzene rings is 1. The van der Waals surface area contributed by atoms with E-state index in [1.807, 2.05) is 0 Å². The zero-order valence-electron chi connectivity index (χ0n) is 15.2. The van der Waals surface area contributed by atoms with E-state index in [-0.39, 0.29) is 11.5 Å². The molecule has 0 bridgehead atoms. The van der Waals surface area contributed by atoms with Crippen LogP contribution in [-0.4, -0.2) is 36.0 Å². The number of piperidine rings is 1. The maximum Gasteiger partial charge on any atom is 0.416 e. The maximum absolute atomic E-state index is 13.3. The van der Waals surface area contributed by atoms with Gasteiger partial charge >= 0.3 is 12.3 Å². The predicted octanol–water partition coefficient (Wildman–Crippen LogP) is 4.64. The summed E-state index contributed by atoms with van der Waals surface area (Å²) >= 11 is 0. The van der Waals surface area contributed by atoms with Crippen LogP contribution in [0.3, 0.4) is 0 Å². The van der Waals surface area contributed by atoms with Gasteiger partial charge in [0.05, 0.1) is 5.56 Å². The van der Waals surface area contributed by atoms with Gasteiger partial charge in [-0.05, 0) is 51.2 Å². The monoisotopic (exact) mass is 371 g/mol. The zero-order chi connectivity index (χ0) is 19.5. The Labute approximate surface area is 151 Å². The van der Waals surface area contributed by atoms with Crippen molar-refractivity contribution >= 4 is 12.4 Å². The van der Waals surface area contributed by atoms with Gasteiger partial charge in [-0.15, -0.1) is 0 Å². The van der Waals surface area contributed by atoms with Crippen LogP contribution in [0, 0.1) is 5.92 Å². The number of rotatable bonds is 3. The lowest BCUT2D eigenvalue weighted by molar-refractivity contribution is -0.138. The lowest BCUT2D eigenvalue weighted by Crippen LogP contribution is -2.42.